The number of para-hydroxylation sites is 1. The normalized spacial score (nSPS) is 10.8. The van der Waals surface area contributed by atoms with Crippen molar-refractivity contribution in [3.05, 3.63) is 59.7 Å². The first-order valence-corrected chi connectivity index (χ1v) is 8.72. The van der Waals surface area contributed by atoms with Crippen LogP contribution in [0.15, 0.2) is 48.5 Å². The van der Waals surface area contributed by atoms with Crippen molar-refractivity contribution in [2.45, 2.75) is 26.7 Å². The maximum Gasteiger partial charge on any atom is 0.261 e. The summed E-state index contributed by atoms with van der Waals surface area (Å²) in [5, 5.41) is 0. The van der Waals surface area contributed by atoms with Crippen molar-refractivity contribution in [1.29, 1.82) is 0 Å². The lowest BCUT2D eigenvalue weighted by Crippen LogP contribution is -2.27. The summed E-state index contributed by atoms with van der Waals surface area (Å²) in [5.41, 5.74) is 2.63. The van der Waals surface area contributed by atoms with Gasteiger partial charge in [-0.05, 0) is 42.7 Å². The van der Waals surface area contributed by atoms with Crippen LogP contribution >= 0.6 is 0 Å². The Labute approximate surface area is 150 Å². The highest BCUT2D eigenvalue weighted by Gasteiger charge is 2.18. The van der Waals surface area contributed by atoms with Gasteiger partial charge < -0.3 is 14.4 Å². The lowest BCUT2D eigenvalue weighted by Gasteiger charge is -2.20. The fourth-order valence-electron chi connectivity index (χ4n) is 2.51. The molecule has 0 saturated carbocycles. The van der Waals surface area contributed by atoms with Gasteiger partial charge in [0.05, 0.1) is 12.2 Å². The largest absolute Gasteiger partial charge is 0.490 e. The molecule has 0 fully saturated rings. The summed E-state index contributed by atoms with van der Waals surface area (Å²) < 4.78 is 11.0. The first-order valence-electron chi connectivity index (χ1n) is 8.72. The molecule has 0 saturated heterocycles. The molecule has 0 aliphatic rings. The van der Waals surface area contributed by atoms with Gasteiger partial charge in [0.1, 0.15) is 12.4 Å². The second-order valence-corrected chi connectivity index (χ2v) is 6.16. The standard InChI is InChI=1S/C21H27NO3/c1-5-24-13-14-25-20-12-7-6-11-19(20)21(23)22(4)18-10-8-9-17(15-18)16(2)3/h6-12,15-16H,5,13-14H2,1-4H3. The molecule has 0 N–H and O–H groups in total. The zero-order valence-electron chi connectivity index (χ0n) is 15.5. The Hall–Kier alpha value is -2.33. The van der Waals surface area contributed by atoms with Crippen LogP contribution < -0.4 is 9.64 Å². The SMILES string of the molecule is CCOCCOc1ccccc1C(=O)N(C)c1cccc(C(C)C)c1. The third-order valence-electron chi connectivity index (χ3n) is 4.04. The van der Waals surface area contributed by atoms with E-state index in [9.17, 15) is 4.79 Å². The third kappa shape index (κ3) is 5.07. The van der Waals surface area contributed by atoms with Gasteiger partial charge in [-0.1, -0.05) is 38.1 Å². The zero-order valence-corrected chi connectivity index (χ0v) is 15.5. The number of nitrogens with zero attached hydrogens (tertiary/aromatic N) is 1. The van der Waals surface area contributed by atoms with Crippen LogP contribution in [0.5, 0.6) is 5.75 Å². The predicted molar refractivity (Wildman–Crippen MR) is 102 cm³/mol. The van der Waals surface area contributed by atoms with Gasteiger partial charge in [-0.3, -0.25) is 4.79 Å². The first-order chi connectivity index (χ1) is 12.0. The van der Waals surface area contributed by atoms with Crippen molar-refractivity contribution >= 4 is 11.6 Å². The van der Waals surface area contributed by atoms with Gasteiger partial charge in [-0.15, -0.1) is 0 Å². The van der Waals surface area contributed by atoms with Crippen molar-refractivity contribution in [2.24, 2.45) is 0 Å². The number of benzene rings is 2. The molecule has 1 amide bonds. The van der Waals surface area contributed by atoms with Gasteiger partial charge in [0.15, 0.2) is 0 Å². The van der Waals surface area contributed by atoms with Gasteiger partial charge in [-0.2, -0.15) is 0 Å². The molecule has 134 valence electrons. The maximum absolute atomic E-state index is 13.0. The molecule has 4 heteroatoms. The molecule has 2 aromatic rings. The van der Waals surface area contributed by atoms with Crippen LogP contribution in [-0.2, 0) is 4.74 Å². The second kappa shape index (κ2) is 9.23. The summed E-state index contributed by atoms with van der Waals surface area (Å²) in [5.74, 6) is 0.907. The molecule has 0 atom stereocenters. The molecule has 2 rings (SSSR count). The van der Waals surface area contributed by atoms with Gasteiger partial charge in [0.25, 0.3) is 5.91 Å². The molecule has 0 aliphatic carbocycles. The van der Waals surface area contributed by atoms with Crippen molar-refractivity contribution in [2.75, 3.05) is 31.8 Å². The summed E-state index contributed by atoms with van der Waals surface area (Å²) >= 11 is 0. The molecule has 2 aromatic carbocycles. The van der Waals surface area contributed by atoms with Crippen molar-refractivity contribution in [1.82, 2.24) is 0 Å². The highest BCUT2D eigenvalue weighted by Crippen LogP contribution is 2.25. The molecular weight excluding hydrogens is 314 g/mol. The van der Waals surface area contributed by atoms with E-state index in [0.717, 1.165) is 5.69 Å². The molecule has 0 bridgehead atoms. The Morgan fingerprint density at radius 1 is 1.08 bits per heavy atom. The molecule has 0 radical (unpaired) electrons. The number of carbonyl (C=O) groups excluding carboxylic acids is 1. The second-order valence-electron chi connectivity index (χ2n) is 6.16. The summed E-state index contributed by atoms with van der Waals surface area (Å²) in [6, 6.07) is 15.4. The highest BCUT2D eigenvalue weighted by molar-refractivity contribution is 6.07. The number of ether oxygens (including phenoxy) is 2. The van der Waals surface area contributed by atoms with Crippen molar-refractivity contribution < 1.29 is 14.3 Å². The van der Waals surface area contributed by atoms with E-state index in [-0.39, 0.29) is 5.91 Å². The Morgan fingerprint density at radius 2 is 1.84 bits per heavy atom. The van der Waals surface area contributed by atoms with Crippen LogP contribution in [0.4, 0.5) is 5.69 Å². The number of hydrogen-bond donors (Lipinski definition) is 0. The molecule has 4 nitrogen and oxygen atoms in total. The van der Waals surface area contributed by atoms with E-state index in [0.29, 0.717) is 37.1 Å². The number of carbonyl (C=O) groups is 1. The van der Waals surface area contributed by atoms with Crippen LogP contribution in [-0.4, -0.2) is 32.8 Å². The Morgan fingerprint density at radius 3 is 2.56 bits per heavy atom. The Balaban J connectivity index is 2.18. The van der Waals surface area contributed by atoms with E-state index in [4.69, 9.17) is 9.47 Å². The fourth-order valence-corrected chi connectivity index (χ4v) is 2.51. The van der Waals surface area contributed by atoms with E-state index >= 15 is 0 Å². The summed E-state index contributed by atoms with van der Waals surface area (Å²) in [6.45, 7) is 7.80. The van der Waals surface area contributed by atoms with E-state index in [1.165, 1.54) is 5.56 Å². The Bertz CT molecular complexity index is 697. The summed E-state index contributed by atoms with van der Waals surface area (Å²) in [6.07, 6.45) is 0. The molecule has 0 spiro atoms. The van der Waals surface area contributed by atoms with Crippen LogP contribution in [0.25, 0.3) is 0 Å². The minimum Gasteiger partial charge on any atom is -0.490 e. The summed E-state index contributed by atoms with van der Waals surface area (Å²) in [4.78, 5) is 14.6. The number of anilines is 1. The number of rotatable bonds is 8. The van der Waals surface area contributed by atoms with E-state index < -0.39 is 0 Å². The lowest BCUT2D eigenvalue weighted by atomic mass is 10.0. The van der Waals surface area contributed by atoms with Crippen molar-refractivity contribution in [3.63, 3.8) is 0 Å². The van der Waals surface area contributed by atoms with Crippen LogP contribution in [0, 0.1) is 0 Å². The topological polar surface area (TPSA) is 38.8 Å². The average molecular weight is 341 g/mol. The maximum atomic E-state index is 13.0. The minimum absolute atomic E-state index is 0.0899. The van der Waals surface area contributed by atoms with Gasteiger partial charge in [0, 0.05) is 19.3 Å². The van der Waals surface area contributed by atoms with Crippen LogP contribution in [0.1, 0.15) is 42.6 Å². The predicted octanol–water partition coefficient (Wildman–Crippen LogP) is 4.50. The zero-order chi connectivity index (χ0) is 18.2. The van der Waals surface area contributed by atoms with Gasteiger partial charge >= 0.3 is 0 Å². The summed E-state index contributed by atoms with van der Waals surface area (Å²) in [7, 11) is 1.79. The quantitative estimate of drug-likeness (QED) is 0.664. The molecule has 0 heterocycles. The molecule has 0 aromatic heterocycles. The lowest BCUT2D eigenvalue weighted by molar-refractivity contribution is 0.0972. The monoisotopic (exact) mass is 341 g/mol. The van der Waals surface area contributed by atoms with E-state index in [1.807, 2.05) is 37.3 Å². The fraction of sp³-hybridized carbons (Fsp3) is 0.381. The molecular formula is C21H27NO3. The number of amides is 1. The first kappa shape index (κ1) is 19.0. The Kier molecular flexibility index (Phi) is 7.02. The van der Waals surface area contributed by atoms with Crippen LogP contribution in [0.2, 0.25) is 0 Å². The highest BCUT2D eigenvalue weighted by atomic mass is 16.5. The van der Waals surface area contributed by atoms with Gasteiger partial charge in [0.2, 0.25) is 0 Å². The van der Waals surface area contributed by atoms with E-state index in [2.05, 4.69) is 26.0 Å². The average Bonchev–Trinajstić information content (AvgIpc) is 2.64. The molecule has 25 heavy (non-hydrogen) atoms. The van der Waals surface area contributed by atoms with Gasteiger partial charge in [-0.25, -0.2) is 0 Å². The van der Waals surface area contributed by atoms with Crippen molar-refractivity contribution in [3.8, 4) is 5.75 Å². The van der Waals surface area contributed by atoms with E-state index in [1.54, 1.807) is 18.0 Å². The molecule has 0 unspecified atom stereocenters. The minimum atomic E-state index is -0.0899. The van der Waals surface area contributed by atoms with Crippen LogP contribution in [0.3, 0.4) is 0 Å². The third-order valence-corrected chi connectivity index (χ3v) is 4.04. The molecule has 0 aliphatic heterocycles. The number of hydrogen-bond acceptors (Lipinski definition) is 3. The smallest absolute Gasteiger partial charge is 0.261 e.